The largest absolute Gasteiger partial charge is 0.462 e. The Kier molecular flexibility index (Phi) is 53.5. The van der Waals surface area contributed by atoms with Gasteiger partial charge in [-0.3, -0.25) is 14.4 Å². The summed E-state index contributed by atoms with van der Waals surface area (Å²) in [5, 5.41) is 0. The molecule has 0 rings (SSSR count). The number of carbonyl (C=O) groups is 3. The summed E-state index contributed by atoms with van der Waals surface area (Å²) < 4.78 is 16.8. The van der Waals surface area contributed by atoms with Crippen molar-refractivity contribution in [2.75, 3.05) is 13.2 Å². The van der Waals surface area contributed by atoms with Crippen LogP contribution in [0.5, 0.6) is 0 Å². The van der Waals surface area contributed by atoms with E-state index in [1.165, 1.54) is 57.8 Å². The molecular weight excluding hydrogens is 865 g/mol. The van der Waals surface area contributed by atoms with E-state index in [2.05, 4.69) is 154 Å². The third kappa shape index (κ3) is 54.5. The SMILES string of the molecule is CC/C=C\C/C=C\C/C=C\C/C=C\C/C=C\CCCCCC(=O)OCC(COC(=O)CCCCCCCC/C=C\C/C=C\C/C=C\CC)OC(=O)CCC/C=C\C/C=C\C/C=C\CCCCCCCC. The second-order valence-electron chi connectivity index (χ2n) is 18.1. The van der Waals surface area contributed by atoms with E-state index < -0.39 is 6.10 Å². The Morgan fingerprint density at radius 1 is 0.300 bits per heavy atom. The van der Waals surface area contributed by atoms with Crippen LogP contribution in [0.4, 0.5) is 0 Å². The van der Waals surface area contributed by atoms with Gasteiger partial charge < -0.3 is 14.2 Å². The second kappa shape index (κ2) is 57.1. The van der Waals surface area contributed by atoms with Gasteiger partial charge in [-0.05, 0) is 128 Å². The lowest BCUT2D eigenvalue weighted by Crippen LogP contribution is -2.30. The maximum Gasteiger partial charge on any atom is 0.306 e. The van der Waals surface area contributed by atoms with Gasteiger partial charge in [-0.2, -0.15) is 0 Å². The minimum atomic E-state index is -0.829. The first-order valence-corrected chi connectivity index (χ1v) is 28.2. The predicted octanol–water partition coefficient (Wildman–Crippen LogP) is 19.0. The molecule has 0 aromatic carbocycles. The van der Waals surface area contributed by atoms with Crippen molar-refractivity contribution in [3.05, 3.63) is 134 Å². The molecule has 70 heavy (non-hydrogen) atoms. The van der Waals surface area contributed by atoms with Crippen LogP contribution in [-0.2, 0) is 28.6 Å². The highest BCUT2D eigenvalue weighted by atomic mass is 16.6. The van der Waals surface area contributed by atoms with Gasteiger partial charge in [0.05, 0.1) is 0 Å². The number of carbonyl (C=O) groups excluding carboxylic acids is 3. The molecule has 0 fully saturated rings. The van der Waals surface area contributed by atoms with E-state index in [-0.39, 0.29) is 37.5 Å². The number of allylic oxidation sites excluding steroid dienone is 22. The Morgan fingerprint density at radius 2 is 0.571 bits per heavy atom. The quantitative estimate of drug-likeness (QED) is 0.0262. The highest BCUT2D eigenvalue weighted by molar-refractivity contribution is 5.71. The number of rotatable bonds is 49. The summed E-state index contributed by atoms with van der Waals surface area (Å²) in [5.74, 6) is -1.02. The summed E-state index contributed by atoms with van der Waals surface area (Å²) >= 11 is 0. The summed E-state index contributed by atoms with van der Waals surface area (Å²) in [5.41, 5.74) is 0. The average Bonchev–Trinajstić information content (AvgIpc) is 3.36. The maximum absolute atomic E-state index is 12.8. The molecule has 0 saturated heterocycles. The van der Waals surface area contributed by atoms with Crippen LogP contribution in [0.2, 0.25) is 0 Å². The zero-order valence-electron chi connectivity index (χ0n) is 45.0. The monoisotopic (exact) mass is 967 g/mol. The van der Waals surface area contributed by atoms with Crippen LogP contribution in [0.1, 0.15) is 233 Å². The van der Waals surface area contributed by atoms with Crippen molar-refractivity contribution in [2.45, 2.75) is 239 Å². The first-order valence-electron chi connectivity index (χ1n) is 28.2. The van der Waals surface area contributed by atoms with Crippen molar-refractivity contribution < 1.29 is 28.6 Å². The Balaban J connectivity index is 4.57. The zero-order chi connectivity index (χ0) is 50.7. The molecule has 0 aliphatic rings. The number of hydrogen-bond acceptors (Lipinski definition) is 6. The fraction of sp³-hybridized carbons (Fsp3) is 0.609. The molecule has 0 aromatic heterocycles. The molecule has 1 atom stereocenters. The molecule has 394 valence electrons. The van der Waals surface area contributed by atoms with Crippen LogP contribution in [-0.4, -0.2) is 37.2 Å². The highest BCUT2D eigenvalue weighted by Gasteiger charge is 2.19. The van der Waals surface area contributed by atoms with Gasteiger partial charge in [0.2, 0.25) is 0 Å². The lowest BCUT2D eigenvalue weighted by atomic mass is 10.1. The van der Waals surface area contributed by atoms with Gasteiger partial charge in [0, 0.05) is 19.3 Å². The maximum atomic E-state index is 12.8. The minimum absolute atomic E-state index is 0.120. The van der Waals surface area contributed by atoms with Gasteiger partial charge in [0.1, 0.15) is 13.2 Å². The topological polar surface area (TPSA) is 78.9 Å². The second-order valence-corrected chi connectivity index (χ2v) is 18.1. The summed E-state index contributed by atoms with van der Waals surface area (Å²) in [6.07, 6.45) is 80.1. The van der Waals surface area contributed by atoms with E-state index in [9.17, 15) is 14.4 Å². The van der Waals surface area contributed by atoms with Crippen LogP contribution in [0.3, 0.4) is 0 Å². The molecule has 0 radical (unpaired) electrons. The van der Waals surface area contributed by atoms with E-state index in [1.807, 2.05) is 0 Å². The van der Waals surface area contributed by atoms with Gasteiger partial charge in [0.15, 0.2) is 6.10 Å². The molecule has 6 heteroatoms. The first kappa shape index (κ1) is 65.5. The lowest BCUT2D eigenvalue weighted by Gasteiger charge is -2.18. The smallest absolute Gasteiger partial charge is 0.306 e. The first-order chi connectivity index (χ1) is 34.5. The van der Waals surface area contributed by atoms with Crippen molar-refractivity contribution in [1.29, 1.82) is 0 Å². The molecule has 1 unspecified atom stereocenters. The molecule has 6 nitrogen and oxygen atoms in total. The van der Waals surface area contributed by atoms with E-state index in [0.717, 1.165) is 128 Å². The van der Waals surface area contributed by atoms with Crippen LogP contribution in [0, 0.1) is 0 Å². The van der Waals surface area contributed by atoms with Crippen molar-refractivity contribution >= 4 is 17.9 Å². The van der Waals surface area contributed by atoms with Gasteiger partial charge in [0.25, 0.3) is 0 Å². The van der Waals surface area contributed by atoms with Crippen molar-refractivity contribution in [1.82, 2.24) is 0 Å². The third-order valence-electron chi connectivity index (χ3n) is 11.4. The van der Waals surface area contributed by atoms with Gasteiger partial charge in [-0.25, -0.2) is 0 Å². The van der Waals surface area contributed by atoms with E-state index >= 15 is 0 Å². The van der Waals surface area contributed by atoms with Gasteiger partial charge in [-0.15, -0.1) is 0 Å². The number of esters is 3. The van der Waals surface area contributed by atoms with Gasteiger partial charge >= 0.3 is 17.9 Å². The summed E-state index contributed by atoms with van der Waals surface area (Å²) in [7, 11) is 0. The molecule has 0 amide bonds. The average molecular weight is 968 g/mol. The normalized spacial score (nSPS) is 13.1. The molecule has 0 N–H and O–H groups in total. The van der Waals surface area contributed by atoms with E-state index in [1.54, 1.807) is 0 Å². The molecule has 0 spiro atoms. The Labute approximate surface area is 430 Å². The zero-order valence-corrected chi connectivity index (χ0v) is 45.0. The molecule has 0 heterocycles. The molecule has 0 aliphatic carbocycles. The highest BCUT2D eigenvalue weighted by Crippen LogP contribution is 2.12. The molecule has 0 saturated carbocycles. The van der Waals surface area contributed by atoms with Crippen molar-refractivity contribution in [2.24, 2.45) is 0 Å². The standard InChI is InChI=1S/C64H102O6/c1-4-7-10-13-16-19-22-25-28-31-32-34-36-39-42-45-48-51-54-57-63(66)69-60-61(59-68-62(65)56-53-50-47-44-41-38-35-30-27-24-21-18-15-12-9-6-3)70-64(67)58-55-52-49-46-43-40-37-33-29-26-23-20-17-14-11-8-5-2/h7,9-10,12,16,18-19,21,25-30,32,34,37,39-40,42,46,49,61H,4-6,8,11,13-15,17,20,22-24,31,33,35-36,38,41,43-45,47-48,50-60H2,1-3H3/b10-7-,12-9-,19-16-,21-18-,28-25-,29-26-,30-27-,34-32-,40-37-,42-39-,49-46-. The minimum Gasteiger partial charge on any atom is -0.462 e. The fourth-order valence-electron chi connectivity index (χ4n) is 7.20. The van der Waals surface area contributed by atoms with Crippen molar-refractivity contribution in [3.63, 3.8) is 0 Å². The summed E-state index contributed by atoms with van der Waals surface area (Å²) in [4.78, 5) is 38.1. The van der Waals surface area contributed by atoms with Crippen molar-refractivity contribution in [3.8, 4) is 0 Å². The number of hydrogen-bond donors (Lipinski definition) is 0. The third-order valence-corrected chi connectivity index (χ3v) is 11.4. The molecule has 0 aromatic rings. The van der Waals surface area contributed by atoms with Gasteiger partial charge in [-0.1, -0.05) is 219 Å². The van der Waals surface area contributed by atoms with Crippen LogP contribution in [0.15, 0.2) is 134 Å². The van der Waals surface area contributed by atoms with Crippen LogP contribution < -0.4 is 0 Å². The number of ether oxygens (including phenoxy) is 3. The van der Waals surface area contributed by atoms with E-state index in [0.29, 0.717) is 19.3 Å². The number of unbranched alkanes of at least 4 members (excludes halogenated alkanes) is 16. The Bertz CT molecular complexity index is 1530. The molecule has 0 bridgehead atoms. The summed E-state index contributed by atoms with van der Waals surface area (Å²) in [6.45, 7) is 6.32. The van der Waals surface area contributed by atoms with Crippen LogP contribution >= 0.6 is 0 Å². The molecular formula is C64H102O6. The fourth-order valence-corrected chi connectivity index (χ4v) is 7.20. The summed E-state index contributed by atoms with van der Waals surface area (Å²) in [6, 6.07) is 0. The van der Waals surface area contributed by atoms with Crippen LogP contribution in [0.25, 0.3) is 0 Å². The Hall–Kier alpha value is -4.45. The Morgan fingerprint density at radius 3 is 0.929 bits per heavy atom. The van der Waals surface area contributed by atoms with E-state index in [4.69, 9.17) is 14.2 Å². The predicted molar refractivity (Wildman–Crippen MR) is 302 cm³/mol. The molecule has 0 aliphatic heterocycles. The lowest BCUT2D eigenvalue weighted by molar-refractivity contribution is -0.167.